The lowest BCUT2D eigenvalue weighted by Gasteiger charge is -2.11. The van der Waals surface area contributed by atoms with E-state index in [1.165, 1.54) is 0 Å². The zero-order chi connectivity index (χ0) is 14.0. The average molecular weight is 381 g/mol. The molecule has 0 aromatic heterocycles. The summed E-state index contributed by atoms with van der Waals surface area (Å²) in [5.41, 5.74) is 7.37. The van der Waals surface area contributed by atoms with Crippen LogP contribution in [-0.4, -0.2) is 0 Å². The molecule has 0 saturated heterocycles. The maximum atomic E-state index is 6.03. The van der Waals surface area contributed by atoms with Crippen LogP contribution in [0.4, 0.5) is 5.69 Å². The van der Waals surface area contributed by atoms with Crippen molar-refractivity contribution in [1.29, 1.82) is 0 Å². The molecule has 2 aromatic carbocycles. The van der Waals surface area contributed by atoms with Gasteiger partial charge in [0, 0.05) is 21.8 Å². The molecule has 0 aliphatic heterocycles. The number of nitrogens with two attached hydrogens (primary N) is 1. The van der Waals surface area contributed by atoms with Crippen molar-refractivity contribution in [2.24, 2.45) is 0 Å². The van der Waals surface area contributed by atoms with Crippen molar-refractivity contribution in [3.8, 4) is 5.75 Å². The van der Waals surface area contributed by atoms with Gasteiger partial charge in [-0.3, -0.25) is 0 Å². The summed E-state index contributed by atoms with van der Waals surface area (Å²) in [7, 11) is 0. The summed E-state index contributed by atoms with van der Waals surface area (Å²) in [4.78, 5) is 0. The quantitative estimate of drug-likeness (QED) is 0.557. The Hall–Kier alpha value is -0.610. The summed E-state index contributed by atoms with van der Waals surface area (Å²) >= 11 is 21.2. The second kappa shape index (κ2) is 6.23. The normalized spacial score (nSPS) is 10.5. The van der Waals surface area contributed by atoms with E-state index in [9.17, 15) is 0 Å². The summed E-state index contributed by atoms with van der Waals surface area (Å²) in [5, 5.41) is 1.20. The molecule has 0 saturated carbocycles. The highest BCUT2D eigenvalue weighted by molar-refractivity contribution is 9.10. The van der Waals surface area contributed by atoms with Crippen LogP contribution in [0, 0.1) is 0 Å². The number of ether oxygens (including phenoxy) is 1. The minimum Gasteiger partial charge on any atom is -0.487 e. The maximum absolute atomic E-state index is 6.03. The van der Waals surface area contributed by atoms with Crippen LogP contribution in [-0.2, 0) is 6.61 Å². The molecule has 2 nitrogen and oxygen atoms in total. The number of hydrogen-bond acceptors (Lipinski definition) is 2. The average Bonchev–Trinajstić information content (AvgIpc) is 2.37. The molecule has 0 heterocycles. The molecule has 0 unspecified atom stereocenters. The highest BCUT2D eigenvalue weighted by atomic mass is 79.9. The van der Waals surface area contributed by atoms with Gasteiger partial charge in [-0.2, -0.15) is 0 Å². The molecule has 2 rings (SSSR count). The Morgan fingerprint density at radius 2 is 1.74 bits per heavy atom. The van der Waals surface area contributed by atoms with Gasteiger partial charge in [0.2, 0.25) is 0 Å². The van der Waals surface area contributed by atoms with E-state index in [0.717, 1.165) is 10.0 Å². The maximum Gasteiger partial charge on any atom is 0.139 e. The van der Waals surface area contributed by atoms with Crippen molar-refractivity contribution in [3.63, 3.8) is 0 Å². The summed E-state index contributed by atoms with van der Waals surface area (Å²) in [6.07, 6.45) is 0. The predicted molar refractivity (Wildman–Crippen MR) is 84.4 cm³/mol. The molecule has 6 heteroatoms. The number of rotatable bonds is 3. The largest absolute Gasteiger partial charge is 0.487 e. The number of hydrogen-bond donors (Lipinski definition) is 1. The third-order valence-corrected chi connectivity index (χ3v) is 4.45. The first-order chi connectivity index (χ1) is 8.99. The van der Waals surface area contributed by atoms with E-state index in [-0.39, 0.29) is 0 Å². The lowest BCUT2D eigenvalue weighted by Crippen LogP contribution is -1.99. The predicted octanol–water partition coefficient (Wildman–Crippen LogP) is 5.57. The first kappa shape index (κ1) is 14.8. The van der Waals surface area contributed by atoms with E-state index < -0.39 is 0 Å². The molecular weight excluding hydrogens is 372 g/mol. The van der Waals surface area contributed by atoms with Gasteiger partial charge in [-0.25, -0.2) is 0 Å². The summed E-state index contributed by atoms with van der Waals surface area (Å²) in [5.74, 6) is 0.477. The van der Waals surface area contributed by atoms with Crippen molar-refractivity contribution in [3.05, 3.63) is 55.4 Å². The van der Waals surface area contributed by atoms with Crippen LogP contribution in [0.15, 0.2) is 34.8 Å². The number of halogens is 4. The molecule has 0 radical (unpaired) electrons. The van der Waals surface area contributed by atoms with Gasteiger partial charge in [0.25, 0.3) is 0 Å². The first-order valence-electron chi connectivity index (χ1n) is 5.29. The minimum absolute atomic E-state index is 0.323. The Bertz CT molecular complexity index is 619. The van der Waals surface area contributed by atoms with Crippen LogP contribution in [0.5, 0.6) is 5.75 Å². The van der Waals surface area contributed by atoms with E-state index in [0.29, 0.717) is 33.1 Å². The smallest absolute Gasteiger partial charge is 0.139 e. The third-order valence-electron chi connectivity index (χ3n) is 2.47. The van der Waals surface area contributed by atoms with Crippen molar-refractivity contribution < 1.29 is 4.74 Å². The van der Waals surface area contributed by atoms with Crippen LogP contribution in [0.2, 0.25) is 15.1 Å². The van der Waals surface area contributed by atoms with Gasteiger partial charge in [0.05, 0.1) is 15.1 Å². The second-order valence-electron chi connectivity index (χ2n) is 3.81. The van der Waals surface area contributed by atoms with Crippen molar-refractivity contribution >= 4 is 56.4 Å². The molecule has 100 valence electrons. The van der Waals surface area contributed by atoms with Gasteiger partial charge in [0.1, 0.15) is 12.4 Å². The molecule has 0 aliphatic rings. The standard InChI is InChI=1S/C13H9BrCl3NO/c14-13-7(2-1-3-11(13)18)6-19-12-5-9(16)8(15)4-10(12)17/h1-5H,6,18H2. The van der Waals surface area contributed by atoms with Crippen LogP contribution in [0.1, 0.15) is 5.56 Å². The molecule has 0 atom stereocenters. The highest BCUT2D eigenvalue weighted by Gasteiger charge is 2.09. The molecule has 19 heavy (non-hydrogen) atoms. The van der Waals surface area contributed by atoms with Crippen LogP contribution < -0.4 is 10.5 Å². The first-order valence-corrected chi connectivity index (χ1v) is 7.22. The fourth-order valence-corrected chi connectivity index (χ4v) is 2.45. The molecule has 2 aromatic rings. The molecule has 2 N–H and O–H groups in total. The fourth-order valence-electron chi connectivity index (χ4n) is 1.48. The topological polar surface area (TPSA) is 35.2 Å². The van der Waals surface area contributed by atoms with Crippen molar-refractivity contribution in [2.75, 3.05) is 5.73 Å². The van der Waals surface area contributed by atoms with Gasteiger partial charge in [0.15, 0.2) is 0 Å². The van der Waals surface area contributed by atoms with E-state index in [1.54, 1.807) is 18.2 Å². The SMILES string of the molecule is Nc1cccc(COc2cc(Cl)c(Cl)cc2Cl)c1Br. The van der Waals surface area contributed by atoms with E-state index in [4.69, 9.17) is 45.3 Å². The van der Waals surface area contributed by atoms with Gasteiger partial charge in [-0.1, -0.05) is 46.9 Å². The van der Waals surface area contributed by atoms with Crippen LogP contribution in [0.3, 0.4) is 0 Å². The Kier molecular flexibility index (Phi) is 4.85. The highest BCUT2D eigenvalue weighted by Crippen LogP contribution is 2.34. The molecule has 0 fully saturated rings. The summed E-state index contributed by atoms with van der Waals surface area (Å²) < 4.78 is 6.45. The third kappa shape index (κ3) is 3.48. The van der Waals surface area contributed by atoms with Gasteiger partial charge in [-0.05, 0) is 28.1 Å². The Morgan fingerprint density at radius 1 is 1.05 bits per heavy atom. The Labute approximate surface area is 134 Å². The van der Waals surface area contributed by atoms with Gasteiger partial charge < -0.3 is 10.5 Å². The van der Waals surface area contributed by atoms with E-state index in [2.05, 4.69) is 15.9 Å². The minimum atomic E-state index is 0.323. The Balaban J connectivity index is 2.19. The second-order valence-corrected chi connectivity index (χ2v) is 5.82. The van der Waals surface area contributed by atoms with E-state index in [1.807, 2.05) is 12.1 Å². The zero-order valence-corrected chi connectivity index (χ0v) is 13.4. The lowest BCUT2D eigenvalue weighted by molar-refractivity contribution is 0.306. The molecule has 0 aliphatic carbocycles. The molecule has 0 spiro atoms. The van der Waals surface area contributed by atoms with E-state index >= 15 is 0 Å². The number of benzene rings is 2. The van der Waals surface area contributed by atoms with Crippen molar-refractivity contribution in [2.45, 2.75) is 6.61 Å². The van der Waals surface area contributed by atoms with Gasteiger partial charge >= 0.3 is 0 Å². The molecule has 0 bridgehead atoms. The van der Waals surface area contributed by atoms with Crippen LogP contribution >= 0.6 is 50.7 Å². The lowest BCUT2D eigenvalue weighted by atomic mass is 10.2. The number of nitrogen functional groups attached to an aromatic ring is 1. The monoisotopic (exact) mass is 379 g/mol. The summed E-state index contributed by atoms with van der Waals surface area (Å²) in [6.45, 7) is 0.323. The number of anilines is 1. The van der Waals surface area contributed by atoms with Crippen LogP contribution in [0.25, 0.3) is 0 Å². The van der Waals surface area contributed by atoms with Crippen molar-refractivity contribution in [1.82, 2.24) is 0 Å². The fraction of sp³-hybridized carbons (Fsp3) is 0.0769. The molecule has 0 amide bonds. The summed E-state index contributed by atoms with van der Waals surface area (Å²) in [6, 6.07) is 8.71. The zero-order valence-electron chi connectivity index (χ0n) is 9.59. The Morgan fingerprint density at radius 3 is 2.47 bits per heavy atom. The van der Waals surface area contributed by atoms with Gasteiger partial charge in [-0.15, -0.1) is 0 Å². The molecular formula is C13H9BrCl3NO.